The largest absolute Gasteiger partial charge is 0.484 e. The van der Waals surface area contributed by atoms with E-state index in [9.17, 15) is 9.59 Å². The SMILES string of the molecule is CCNC(=O)[C@H](Cc1ccccc1)N(Cc1ccc(Br)cc1)C(=O)COc1ccc(Cl)cc1. The summed E-state index contributed by atoms with van der Waals surface area (Å²) in [7, 11) is 0. The zero-order chi connectivity index (χ0) is 23.6. The van der Waals surface area contributed by atoms with Gasteiger partial charge in [0.2, 0.25) is 5.91 Å². The van der Waals surface area contributed by atoms with Gasteiger partial charge in [-0.25, -0.2) is 0 Å². The highest BCUT2D eigenvalue weighted by Crippen LogP contribution is 2.19. The molecule has 1 N–H and O–H groups in total. The smallest absolute Gasteiger partial charge is 0.261 e. The Morgan fingerprint density at radius 2 is 1.64 bits per heavy atom. The summed E-state index contributed by atoms with van der Waals surface area (Å²) in [5, 5.41) is 3.47. The molecule has 0 aromatic heterocycles. The minimum Gasteiger partial charge on any atom is -0.484 e. The van der Waals surface area contributed by atoms with Gasteiger partial charge in [0.15, 0.2) is 6.61 Å². The average molecular weight is 530 g/mol. The van der Waals surface area contributed by atoms with Crippen molar-refractivity contribution in [2.75, 3.05) is 13.2 Å². The first-order valence-corrected chi connectivity index (χ1v) is 11.9. The summed E-state index contributed by atoms with van der Waals surface area (Å²) in [6.45, 7) is 2.43. The number of nitrogens with zero attached hydrogens (tertiary/aromatic N) is 1. The van der Waals surface area contributed by atoms with E-state index in [-0.39, 0.29) is 25.0 Å². The van der Waals surface area contributed by atoms with E-state index >= 15 is 0 Å². The van der Waals surface area contributed by atoms with E-state index in [1.807, 2.05) is 61.5 Å². The molecule has 0 aliphatic rings. The topological polar surface area (TPSA) is 58.6 Å². The second-order valence-corrected chi connectivity index (χ2v) is 8.84. The van der Waals surface area contributed by atoms with Gasteiger partial charge >= 0.3 is 0 Å². The Labute approximate surface area is 207 Å². The molecule has 2 amide bonds. The molecule has 33 heavy (non-hydrogen) atoms. The molecule has 0 fully saturated rings. The molecule has 3 rings (SSSR count). The van der Waals surface area contributed by atoms with Crippen LogP contribution >= 0.6 is 27.5 Å². The van der Waals surface area contributed by atoms with Crippen LogP contribution in [0.3, 0.4) is 0 Å². The normalized spacial score (nSPS) is 11.5. The van der Waals surface area contributed by atoms with Gasteiger partial charge in [-0.2, -0.15) is 0 Å². The Balaban J connectivity index is 1.87. The molecule has 0 aliphatic carbocycles. The van der Waals surface area contributed by atoms with Gasteiger partial charge in [-0.05, 0) is 54.4 Å². The van der Waals surface area contributed by atoms with Gasteiger partial charge in [-0.1, -0.05) is 70.0 Å². The van der Waals surface area contributed by atoms with Crippen molar-refractivity contribution in [3.63, 3.8) is 0 Å². The molecule has 0 saturated heterocycles. The minimum absolute atomic E-state index is 0.192. The predicted octanol–water partition coefficient (Wildman–Crippen LogP) is 5.26. The van der Waals surface area contributed by atoms with Crippen molar-refractivity contribution in [2.45, 2.75) is 25.9 Å². The van der Waals surface area contributed by atoms with E-state index in [4.69, 9.17) is 16.3 Å². The molecule has 172 valence electrons. The van der Waals surface area contributed by atoms with Gasteiger partial charge in [0.25, 0.3) is 5.91 Å². The Bertz CT molecular complexity index is 1040. The zero-order valence-corrected chi connectivity index (χ0v) is 20.7. The lowest BCUT2D eigenvalue weighted by molar-refractivity contribution is -0.142. The van der Waals surface area contributed by atoms with Gasteiger partial charge in [0.05, 0.1) is 0 Å². The maximum absolute atomic E-state index is 13.4. The Kier molecular flexibility index (Phi) is 9.34. The lowest BCUT2D eigenvalue weighted by atomic mass is 10.0. The van der Waals surface area contributed by atoms with Crippen LogP contribution in [0.1, 0.15) is 18.1 Å². The molecule has 3 aromatic rings. The highest BCUT2D eigenvalue weighted by Gasteiger charge is 2.30. The standard InChI is InChI=1S/C26H26BrClN2O3/c1-2-29-26(32)24(16-19-6-4-3-5-7-19)30(17-20-8-10-21(27)11-9-20)25(31)18-33-23-14-12-22(28)13-15-23/h3-15,24H,2,16-18H2,1H3,(H,29,32)/t24-/m0/s1. The Morgan fingerprint density at radius 3 is 2.27 bits per heavy atom. The lowest BCUT2D eigenvalue weighted by Crippen LogP contribution is -2.51. The first kappa shape index (κ1) is 24.8. The van der Waals surface area contributed by atoms with Crippen LogP contribution < -0.4 is 10.1 Å². The van der Waals surface area contributed by atoms with Crippen molar-refractivity contribution in [1.29, 1.82) is 0 Å². The maximum Gasteiger partial charge on any atom is 0.261 e. The van der Waals surface area contributed by atoms with Crippen molar-refractivity contribution in [3.05, 3.63) is 99.5 Å². The van der Waals surface area contributed by atoms with Gasteiger partial charge < -0.3 is 15.0 Å². The van der Waals surface area contributed by atoms with Crippen LogP contribution in [0.25, 0.3) is 0 Å². The van der Waals surface area contributed by atoms with Crippen LogP contribution in [0.4, 0.5) is 0 Å². The van der Waals surface area contributed by atoms with Crippen LogP contribution in [0, 0.1) is 0 Å². The van der Waals surface area contributed by atoms with E-state index < -0.39 is 6.04 Å². The number of nitrogens with one attached hydrogen (secondary N) is 1. The second kappa shape index (κ2) is 12.4. The monoisotopic (exact) mass is 528 g/mol. The number of halogens is 2. The van der Waals surface area contributed by atoms with Gasteiger partial charge in [0.1, 0.15) is 11.8 Å². The molecular formula is C26H26BrClN2O3. The third kappa shape index (κ3) is 7.62. The fourth-order valence-corrected chi connectivity index (χ4v) is 3.78. The van der Waals surface area contributed by atoms with Crippen LogP contribution in [-0.4, -0.2) is 35.9 Å². The third-order valence-corrected chi connectivity index (χ3v) is 5.84. The molecule has 0 saturated carbocycles. The van der Waals surface area contributed by atoms with Crippen molar-refractivity contribution in [1.82, 2.24) is 10.2 Å². The van der Waals surface area contributed by atoms with E-state index in [1.54, 1.807) is 29.2 Å². The van der Waals surface area contributed by atoms with Gasteiger partial charge in [-0.3, -0.25) is 9.59 Å². The van der Waals surface area contributed by atoms with Crippen molar-refractivity contribution in [2.24, 2.45) is 0 Å². The first-order valence-electron chi connectivity index (χ1n) is 10.7. The summed E-state index contributed by atoms with van der Waals surface area (Å²) < 4.78 is 6.66. The summed E-state index contributed by atoms with van der Waals surface area (Å²) in [4.78, 5) is 28.1. The molecule has 5 nitrogen and oxygen atoms in total. The number of carbonyl (C=O) groups is 2. The average Bonchev–Trinajstić information content (AvgIpc) is 2.82. The first-order chi connectivity index (χ1) is 16.0. The Morgan fingerprint density at radius 1 is 0.970 bits per heavy atom. The number of hydrogen-bond acceptors (Lipinski definition) is 3. The maximum atomic E-state index is 13.4. The quantitative estimate of drug-likeness (QED) is 0.390. The molecule has 0 heterocycles. The lowest BCUT2D eigenvalue weighted by Gasteiger charge is -2.31. The number of carbonyl (C=O) groups excluding carboxylic acids is 2. The second-order valence-electron chi connectivity index (χ2n) is 7.49. The number of benzene rings is 3. The molecule has 0 aliphatic heterocycles. The molecule has 0 unspecified atom stereocenters. The predicted molar refractivity (Wildman–Crippen MR) is 134 cm³/mol. The van der Waals surface area contributed by atoms with Crippen LogP contribution in [0.5, 0.6) is 5.75 Å². The molecule has 0 radical (unpaired) electrons. The summed E-state index contributed by atoms with van der Waals surface area (Å²) in [6.07, 6.45) is 0.399. The van der Waals surface area contributed by atoms with Gasteiger partial charge in [0, 0.05) is 29.0 Å². The number of hydrogen-bond donors (Lipinski definition) is 1. The summed E-state index contributed by atoms with van der Waals surface area (Å²) >= 11 is 9.37. The van der Waals surface area contributed by atoms with Crippen molar-refractivity contribution < 1.29 is 14.3 Å². The summed E-state index contributed by atoms with van der Waals surface area (Å²) in [5.74, 6) is 0.0623. The fraction of sp³-hybridized carbons (Fsp3) is 0.231. The number of rotatable bonds is 10. The fourth-order valence-electron chi connectivity index (χ4n) is 3.39. The minimum atomic E-state index is -0.683. The van der Waals surface area contributed by atoms with Crippen LogP contribution in [0.15, 0.2) is 83.3 Å². The molecule has 7 heteroatoms. The molecule has 1 atom stereocenters. The Hall–Kier alpha value is -2.83. The zero-order valence-electron chi connectivity index (χ0n) is 18.3. The van der Waals surface area contributed by atoms with E-state index in [2.05, 4.69) is 21.2 Å². The third-order valence-electron chi connectivity index (χ3n) is 5.06. The molecule has 0 spiro atoms. The van der Waals surface area contributed by atoms with Crippen molar-refractivity contribution in [3.8, 4) is 5.75 Å². The molecule has 3 aromatic carbocycles. The number of amides is 2. The summed E-state index contributed by atoms with van der Waals surface area (Å²) in [5.41, 5.74) is 1.89. The van der Waals surface area contributed by atoms with E-state index in [0.717, 1.165) is 15.6 Å². The van der Waals surface area contributed by atoms with E-state index in [1.165, 1.54) is 0 Å². The summed E-state index contributed by atoms with van der Waals surface area (Å²) in [6, 6.07) is 23.5. The van der Waals surface area contributed by atoms with Crippen LogP contribution in [-0.2, 0) is 22.6 Å². The number of likely N-dealkylation sites (N-methyl/N-ethyl adjacent to an activating group) is 1. The van der Waals surface area contributed by atoms with Crippen LogP contribution in [0.2, 0.25) is 5.02 Å². The van der Waals surface area contributed by atoms with E-state index in [0.29, 0.717) is 23.7 Å². The highest BCUT2D eigenvalue weighted by molar-refractivity contribution is 9.10. The van der Waals surface area contributed by atoms with Gasteiger partial charge in [-0.15, -0.1) is 0 Å². The number of ether oxygens (including phenoxy) is 1. The molecule has 0 bridgehead atoms. The van der Waals surface area contributed by atoms with Crippen molar-refractivity contribution >= 4 is 39.3 Å². The highest BCUT2D eigenvalue weighted by atomic mass is 79.9. The molecular weight excluding hydrogens is 504 g/mol.